The van der Waals surface area contributed by atoms with Gasteiger partial charge >= 0.3 is 0 Å². The summed E-state index contributed by atoms with van der Waals surface area (Å²) >= 11 is 0. The molecule has 4 N–H and O–H groups in total. The first-order chi connectivity index (χ1) is 8.76. The first-order valence-electron chi connectivity index (χ1n) is 5.73. The SMILES string of the molecule is NCCc1cnc(-c2cc3ccc(O)cc3[nH]2)o1. The predicted octanol–water partition coefficient (Wildman–Crippen LogP) is 2.03. The molecule has 0 amide bonds. The summed E-state index contributed by atoms with van der Waals surface area (Å²) < 4.78 is 5.59. The Bertz CT molecular complexity index is 684. The Morgan fingerprint density at radius 1 is 1.33 bits per heavy atom. The van der Waals surface area contributed by atoms with E-state index in [-0.39, 0.29) is 5.75 Å². The number of fused-ring (bicyclic) bond motifs is 1. The minimum atomic E-state index is 0.229. The van der Waals surface area contributed by atoms with Crippen molar-refractivity contribution in [2.45, 2.75) is 6.42 Å². The Balaban J connectivity index is 2.02. The number of aromatic amines is 1. The van der Waals surface area contributed by atoms with E-state index in [1.54, 1.807) is 18.3 Å². The van der Waals surface area contributed by atoms with E-state index in [4.69, 9.17) is 10.2 Å². The van der Waals surface area contributed by atoms with Crippen LogP contribution in [0.2, 0.25) is 0 Å². The second-order valence-electron chi connectivity index (χ2n) is 4.12. The second-order valence-corrected chi connectivity index (χ2v) is 4.12. The van der Waals surface area contributed by atoms with E-state index in [0.717, 1.165) is 22.4 Å². The van der Waals surface area contributed by atoms with Gasteiger partial charge in [0, 0.05) is 23.4 Å². The van der Waals surface area contributed by atoms with Gasteiger partial charge in [-0.1, -0.05) is 0 Å². The number of hydrogen-bond acceptors (Lipinski definition) is 4. The van der Waals surface area contributed by atoms with Crippen LogP contribution in [0.5, 0.6) is 5.75 Å². The number of hydrogen-bond donors (Lipinski definition) is 3. The van der Waals surface area contributed by atoms with Crippen molar-refractivity contribution in [2.75, 3.05) is 6.54 Å². The van der Waals surface area contributed by atoms with E-state index < -0.39 is 0 Å². The van der Waals surface area contributed by atoms with Crippen molar-refractivity contribution in [3.8, 4) is 17.3 Å². The summed E-state index contributed by atoms with van der Waals surface area (Å²) in [6.07, 6.45) is 2.36. The number of aromatic nitrogens is 2. The van der Waals surface area contributed by atoms with E-state index in [2.05, 4.69) is 9.97 Å². The normalized spacial score (nSPS) is 11.2. The average Bonchev–Trinajstić information content (AvgIpc) is 2.94. The molecule has 18 heavy (non-hydrogen) atoms. The molecular weight excluding hydrogens is 230 g/mol. The van der Waals surface area contributed by atoms with Crippen molar-refractivity contribution in [2.24, 2.45) is 5.73 Å². The van der Waals surface area contributed by atoms with Crippen LogP contribution in [-0.4, -0.2) is 21.6 Å². The van der Waals surface area contributed by atoms with Gasteiger partial charge < -0.3 is 20.2 Å². The Hall–Kier alpha value is -2.27. The van der Waals surface area contributed by atoms with E-state index in [0.29, 0.717) is 18.9 Å². The fourth-order valence-corrected chi connectivity index (χ4v) is 1.92. The molecule has 92 valence electrons. The molecule has 0 spiro atoms. The van der Waals surface area contributed by atoms with Gasteiger partial charge in [0.15, 0.2) is 0 Å². The molecule has 3 rings (SSSR count). The number of oxazole rings is 1. The van der Waals surface area contributed by atoms with Crippen LogP contribution in [0.3, 0.4) is 0 Å². The minimum absolute atomic E-state index is 0.229. The minimum Gasteiger partial charge on any atom is -0.508 e. The van der Waals surface area contributed by atoms with Crippen LogP contribution >= 0.6 is 0 Å². The van der Waals surface area contributed by atoms with Crippen molar-refractivity contribution in [3.05, 3.63) is 36.2 Å². The Labute approximate surface area is 103 Å². The molecule has 5 heteroatoms. The van der Waals surface area contributed by atoms with Gasteiger partial charge in [-0.2, -0.15) is 0 Å². The first kappa shape index (κ1) is 10.9. The van der Waals surface area contributed by atoms with Gasteiger partial charge in [0.25, 0.3) is 0 Å². The lowest BCUT2D eigenvalue weighted by Gasteiger charge is -1.91. The summed E-state index contributed by atoms with van der Waals surface area (Å²) in [4.78, 5) is 7.37. The largest absolute Gasteiger partial charge is 0.508 e. The highest BCUT2D eigenvalue weighted by Crippen LogP contribution is 2.26. The van der Waals surface area contributed by atoms with Gasteiger partial charge in [-0.25, -0.2) is 4.98 Å². The summed E-state index contributed by atoms with van der Waals surface area (Å²) in [5, 5.41) is 10.4. The van der Waals surface area contributed by atoms with E-state index in [1.165, 1.54) is 0 Å². The first-order valence-corrected chi connectivity index (χ1v) is 5.73. The van der Waals surface area contributed by atoms with Crippen molar-refractivity contribution in [1.82, 2.24) is 9.97 Å². The number of benzene rings is 1. The van der Waals surface area contributed by atoms with Crippen molar-refractivity contribution < 1.29 is 9.52 Å². The number of aromatic hydroxyl groups is 1. The number of phenols is 1. The summed E-state index contributed by atoms with van der Waals surface area (Å²) in [6.45, 7) is 0.537. The summed E-state index contributed by atoms with van der Waals surface area (Å²) in [6, 6.07) is 7.10. The Kier molecular flexibility index (Phi) is 2.53. The van der Waals surface area contributed by atoms with Crippen LogP contribution in [0.25, 0.3) is 22.5 Å². The van der Waals surface area contributed by atoms with Crippen molar-refractivity contribution >= 4 is 10.9 Å². The summed E-state index contributed by atoms with van der Waals surface area (Å²) in [5.41, 5.74) is 7.10. The van der Waals surface area contributed by atoms with Crippen LogP contribution in [0.15, 0.2) is 34.9 Å². The average molecular weight is 243 g/mol. The Morgan fingerprint density at radius 2 is 2.22 bits per heavy atom. The molecule has 5 nitrogen and oxygen atoms in total. The number of nitrogens with one attached hydrogen (secondary N) is 1. The quantitative estimate of drug-likeness (QED) is 0.656. The standard InChI is InChI=1S/C13H13N3O2/c14-4-3-10-7-15-13(18-10)12-5-8-1-2-9(17)6-11(8)16-12/h1-2,5-7,16-17H,3-4,14H2. The molecule has 0 radical (unpaired) electrons. The third-order valence-corrected chi connectivity index (χ3v) is 2.78. The number of rotatable bonds is 3. The molecule has 0 aliphatic rings. The molecule has 0 aliphatic carbocycles. The fraction of sp³-hybridized carbons (Fsp3) is 0.154. The van der Waals surface area contributed by atoms with E-state index in [1.807, 2.05) is 12.1 Å². The molecule has 2 aromatic heterocycles. The zero-order valence-electron chi connectivity index (χ0n) is 9.68. The highest BCUT2D eigenvalue weighted by atomic mass is 16.4. The highest BCUT2D eigenvalue weighted by molar-refractivity contribution is 5.85. The van der Waals surface area contributed by atoms with Gasteiger partial charge in [0.1, 0.15) is 17.2 Å². The van der Waals surface area contributed by atoms with Crippen LogP contribution in [0, 0.1) is 0 Å². The fourth-order valence-electron chi connectivity index (χ4n) is 1.92. The third-order valence-electron chi connectivity index (χ3n) is 2.78. The molecule has 0 atom stereocenters. The maximum Gasteiger partial charge on any atom is 0.243 e. The monoisotopic (exact) mass is 243 g/mol. The molecule has 0 saturated carbocycles. The topological polar surface area (TPSA) is 88.1 Å². The maximum absolute atomic E-state index is 9.41. The highest BCUT2D eigenvalue weighted by Gasteiger charge is 2.09. The molecule has 1 aromatic carbocycles. The molecule has 2 heterocycles. The second kappa shape index (κ2) is 4.19. The van der Waals surface area contributed by atoms with Gasteiger partial charge in [-0.05, 0) is 24.7 Å². The smallest absolute Gasteiger partial charge is 0.243 e. The lowest BCUT2D eigenvalue weighted by molar-refractivity contribution is 0.476. The number of H-pyrrole nitrogens is 1. The molecule has 0 saturated heterocycles. The molecule has 0 fully saturated rings. The van der Waals surface area contributed by atoms with Gasteiger partial charge in [0.05, 0.1) is 6.20 Å². The summed E-state index contributed by atoms with van der Waals surface area (Å²) in [7, 11) is 0. The molecule has 0 bridgehead atoms. The number of nitrogens with zero attached hydrogens (tertiary/aromatic N) is 1. The van der Waals surface area contributed by atoms with Crippen LogP contribution in [0.1, 0.15) is 5.76 Å². The lowest BCUT2D eigenvalue weighted by Crippen LogP contribution is -2.01. The molecule has 0 aliphatic heterocycles. The van der Waals surface area contributed by atoms with Crippen LogP contribution < -0.4 is 5.73 Å². The number of nitrogens with two attached hydrogens (primary N) is 1. The van der Waals surface area contributed by atoms with E-state index >= 15 is 0 Å². The Morgan fingerprint density at radius 3 is 3.06 bits per heavy atom. The van der Waals surface area contributed by atoms with Gasteiger partial charge in [0.2, 0.25) is 5.89 Å². The molecular formula is C13H13N3O2. The third kappa shape index (κ3) is 1.84. The van der Waals surface area contributed by atoms with Crippen molar-refractivity contribution in [1.29, 1.82) is 0 Å². The zero-order valence-corrected chi connectivity index (χ0v) is 9.68. The van der Waals surface area contributed by atoms with Crippen LogP contribution in [0.4, 0.5) is 0 Å². The molecule has 3 aromatic rings. The molecule has 0 unspecified atom stereocenters. The van der Waals surface area contributed by atoms with Crippen molar-refractivity contribution in [3.63, 3.8) is 0 Å². The van der Waals surface area contributed by atoms with Gasteiger partial charge in [-0.15, -0.1) is 0 Å². The number of phenolic OH excluding ortho intramolecular Hbond substituents is 1. The zero-order chi connectivity index (χ0) is 12.5. The maximum atomic E-state index is 9.41. The summed E-state index contributed by atoms with van der Waals surface area (Å²) in [5.74, 6) is 1.54. The lowest BCUT2D eigenvalue weighted by atomic mass is 10.2. The van der Waals surface area contributed by atoms with E-state index in [9.17, 15) is 5.11 Å². The van der Waals surface area contributed by atoms with Crippen LogP contribution in [-0.2, 0) is 6.42 Å². The predicted molar refractivity (Wildman–Crippen MR) is 68.2 cm³/mol. The van der Waals surface area contributed by atoms with Gasteiger partial charge in [-0.3, -0.25) is 0 Å².